The van der Waals surface area contributed by atoms with Gasteiger partial charge in [0.1, 0.15) is 0 Å². The molecule has 0 spiro atoms. The van der Waals surface area contributed by atoms with Crippen LogP contribution in [0.15, 0.2) is 24.3 Å². The topological polar surface area (TPSA) is 0 Å². The fraction of sp³-hybridized carbons (Fsp3) is 0.364. The van der Waals surface area contributed by atoms with Crippen LogP contribution in [0, 0.1) is 12.8 Å². The van der Waals surface area contributed by atoms with Crippen molar-refractivity contribution < 1.29 is 0 Å². The molecule has 1 unspecified atom stereocenters. The minimum atomic E-state index is 0.558. The van der Waals surface area contributed by atoms with Crippen LogP contribution in [0.5, 0.6) is 0 Å². The molecule has 1 radical (unpaired) electrons. The molecule has 0 aliphatic heterocycles. The van der Waals surface area contributed by atoms with Crippen molar-refractivity contribution in [1.29, 1.82) is 0 Å². The van der Waals surface area contributed by atoms with E-state index in [1.165, 1.54) is 5.56 Å². The van der Waals surface area contributed by atoms with E-state index in [0.29, 0.717) is 5.92 Å². The van der Waals surface area contributed by atoms with E-state index in [-0.39, 0.29) is 0 Å². The molecular weight excluding hydrogens is 168 g/mol. The number of alkyl halides is 1. The van der Waals surface area contributed by atoms with Crippen LogP contribution >= 0.6 is 11.6 Å². The molecule has 0 aromatic heterocycles. The van der Waals surface area contributed by atoms with E-state index in [1.807, 2.05) is 12.1 Å². The molecule has 1 heteroatoms. The second-order valence-electron chi connectivity index (χ2n) is 3.28. The molecular formula is C11H14Cl. The van der Waals surface area contributed by atoms with Crippen molar-refractivity contribution in [3.8, 4) is 0 Å². The van der Waals surface area contributed by atoms with Crippen LogP contribution < -0.4 is 0 Å². The van der Waals surface area contributed by atoms with Gasteiger partial charge in [0.05, 0.1) is 0 Å². The van der Waals surface area contributed by atoms with Crippen LogP contribution in [-0.4, -0.2) is 5.88 Å². The summed E-state index contributed by atoms with van der Waals surface area (Å²) in [5.74, 6) is 1.29. The fourth-order valence-corrected chi connectivity index (χ4v) is 1.24. The Labute approximate surface area is 79.6 Å². The maximum atomic E-state index is 5.72. The zero-order chi connectivity index (χ0) is 8.97. The summed E-state index contributed by atoms with van der Waals surface area (Å²) in [5.41, 5.74) is 2.41. The molecule has 1 aromatic rings. The van der Waals surface area contributed by atoms with Crippen molar-refractivity contribution in [1.82, 2.24) is 0 Å². The van der Waals surface area contributed by atoms with Gasteiger partial charge in [-0.1, -0.05) is 31.2 Å². The van der Waals surface area contributed by atoms with Crippen molar-refractivity contribution in [3.05, 3.63) is 42.3 Å². The number of hydrogen-bond donors (Lipinski definition) is 0. The molecule has 0 saturated heterocycles. The smallest absolute Gasteiger partial charge is 0.0252 e. The predicted octanol–water partition coefficient (Wildman–Crippen LogP) is 3.29. The third kappa shape index (κ3) is 2.86. The molecule has 1 atom stereocenters. The molecule has 0 fully saturated rings. The Hall–Kier alpha value is -0.490. The van der Waals surface area contributed by atoms with Gasteiger partial charge < -0.3 is 0 Å². The van der Waals surface area contributed by atoms with E-state index < -0.39 is 0 Å². The minimum absolute atomic E-state index is 0.558. The van der Waals surface area contributed by atoms with E-state index in [9.17, 15) is 0 Å². The van der Waals surface area contributed by atoms with Gasteiger partial charge in [-0.3, -0.25) is 0 Å². The van der Waals surface area contributed by atoms with E-state index >= 15 is 0 Å². The zero-order valence-electron chi connectivity index (χ0n) is 7.39. The number of rotatable bonds is 3. The molecule has 0 heterocycles. The summed E-state index contributed by atoms with van der Waals surface area (Å²) in [6.45, 7) is 5.99. The van der Waals surface area contributed by atoms with E-state index in [0.717, 1.165) is 17.9 Å². The first kappa shape index (κ1) is 9.60. The maximum Gasteiger partial charge on any atom is 0.0252 e. The lowest BCUT2D eigenvalue weighted by Crippen LogP contribution is -2.00. The van der Waals surface area contributed by atoms with Gasteiger partial charge >= 0.3 is 0 Å². The van der Waals surface area contributed by atoms with Crippen molar-refractivity contribution in [2.75, 3.05) is 5.88 Å². The Morgan fingerprint density at radius 1 is 1.33 bits per heavy atom. The highest BCUT2D eigenvalue weighted by atomic mass is 35.5. The lowest BCUT2D eigenvalue weighted by molar-refractivity contribution is 0.654. The van der Waals surface area contributed by atoms with Crippen LogP contribution in [0.2, 0.25) is 0 Å². The third-order valence-corrected chi connectivity index (χ3v) is 2.40. The molecule has 0 bridgehead atoms. The highest BCUT2D eigenvalue weighted by Gasteiger charge is 2.00. The zero-order valence-corrected chi connectivity index (χ0v) is 8.14. The van der Waals surface area contributed by atoms with Gasteiger partial charge in [-0.2, -0.15) is 0 Å². The Morgan fingerprint density at radius 3 is 2.42 bits per heavy atom. The second-order valence-corrected chi connectivity index (χ2v) is 3.59. The lowest BCUT2D eigenvalue weighted by atomic mass is 10.0. The third-order valence-electron chi connectivity index (χ3n) is 1.87. The molecule has 65 valence electrons. The second kappa shape index (κ2) is 4.51. The van der Waals surface area contributed by atoms with Crippen molar-refractivity contribution >= 4 is 11.6 Å². The van der Waals surface area contributed by atoms with Crippen LogP contribution in [0.3, 0.4) is 0 Å². The first-order valence-electron chi connectivity index (χ1n) is 4.19. The molecule has 0 aliphatic rings. The van der Waals surface area contributed by atoms with Gasteiger partial charge in [-0.05, 0) is 30.4 Å². The molecule has 12 heavy (non-hydrogen) atoms. The number of hydrogen-bond acceptors (Lipinski definition) is 0. The normalized spacial score (nSPS) is 12.9. The average Bonchev–Trinajstić information content (AvgIpc) is 2.09. The summed E-state index contributed by atoms with van der Waals surface area (Å²) in [7, 11) is 0. The van der Waals surface area contributed by atoms with Gasteiger partial charge in [-0.15, -0.1) is 11.6 Å². The summed E-state index contributed by atoms with van der Waals surface area (Å²) in [6, 6.07) is 8.31. The predicted molar refractivity (Wildman–Crippen MR) is 54.5 cm³/mol. The standard InChI is InChI=1S/C11H14Cl/c1-9-3-5-11(6-4-9)7-10(2)8-12/h3-6,10H,1,7-8H2,2H3. The summed E-state index contributed by atoms with van der Waals surface area (Å²) < 4.78 is 0. The van der Waals surface area contributed by atoms with E-state index in [1.54, 1.807) is 0 Å². The van der Waals surface area contributed by atoms with Crippen molar-refractivity contribution in [2.45, 2.75) is 13.3 Å². The monoisotopic (exact) mass is 181 g/mol. The van der Waals surface area contributed by atoms with Gasteiger partial charge in [0, 0.05) is 5.88 Å². The van der Waals surface area contributed by atoms with Gasteiger partial charge in [0.2, 0.25) is 0 Å². The van der Waals surface area contributed by atoms with Gasteiger partial charge in [-0.25, -0.2) is 0 Å². The number of benzene rings is 1. The Morgan fingerprint density at radius 2 is 1.92 bits per heavy atom. The molecule has 0 aliphatic carbocycles. The maximum absolute atomic E-state index is 5.72. The quantitative estimate of drug-likeness (QED) is 0.628. The van der Waals surface area contributed by atoms with Gasteiger partial charge in [0.15, 0.2) is 0 Å². The first-order chi connectivity index (χ1) is 5.72. The largest absolute Gasteiger partial charge is 0.126 e. The molecule has 1 aromatic carbocycles. The van der Waals surface area contributed by atoms with E-state index in [2.05, 4.69) is 26.0 Å². The average molecular weight is 182 g/mol. The van der Waals surface area contributed by atoms with Crippen LogP contribution in [0.25, 0.3) is 0 Å². The van der Waals surface area contributed by atoms with Crippen LogP contribution in [0.4, 0.5) is 0 Å². The molecule has 0 N–H and O–H groups in total. The lowest BCUT2D eigenvalue weighted by Gasteiger charge is -2.06. The summed E-state index contributed by atoms with van der Waals surface area (Å²) in [4.78, 5) is 0. The summed E-state index contributed by atoms with van der Waals surface area (Å²) in [6.07, 6.45) is 1.06. The molecule has 0 nitrogen and oxygen atoms in total. The Balaban J connectivity index is 2.58. The highest BCUT2D eigenvalue weighted by Crippen LogP contribution is 2.10. The first-order valence-corrected chi connectivity index (χ1v) is 4.72. The molecule has 0 amide bonds. The molecule has 1 rings (SSSR count). The highest BCUT2D eigenvalue weighted by molar-refractivity contribution is 6.18. The fourth-order valence-electron chi connectivity index (χ4n) is 1.13. The SMILES string of the molecule is [CH2]c1ccc(CC(C)CCl)cc1. The summed E-state index contributed by atoms with van der Waals surface area (Å²) >= 11 is 5.72. The number of halogens is 1. The van der Waals surface area contributed by atoms with E-state index in [4.69, 9.17) is 11.6 Å². The Bertz CT molecular complexity index is 225. The van der Waals surface area contributed by atoms with Gasteiger partial charge in [0.25, 0.3) is 0 Å². The van der Waals surface area contributed by atoms with Crippen LogP contribution in [0.1, 0.15) is 18.1 Å². The molecule has 0 saturated carbocycles. The van der Waals surface area contributed by atoms with Crippen molar-refractivity contribution in [2.24, 2.45) is 5.92 Å². The van der Waals surface area contributed by atoms with Crippen molar-refractivity contribution in [3.63, 3.8) is 0 Å². The minimum Gasteiger partial charge on any atom is -0.126 e. The Kier molecular flexibility index (Phi) is 3.61. The summed E-state index contributed by atoms with van der Waals surface area (Å²) in [5, 5.41) is 0. The van der Waals surface area contributed by atoms with Crippen LogP contribution in [-0.2, 0) is 6.42 Å².